The highest BCUT2D eigenvalue weighted by Crippen LogP contribution is 2.32. The number of hydrogen-bond donors (Lipinski definition) is 1. The molecule has 0 bridgehead atoms. The standard InChI is InChI=1S/C10H9NOS/c11-10(12)9-6-5-7-3-1-2-4-8(7)13-9/h1-6,9H,(H2,11,12)/t9-/m1/s1. The molecule has 1 atom stereocenters. The van der Waals surface area contributed by atoms with Gasteiger partial charge in [-0.3, -0.25) is 4.79 Å². The van der Waals surface area contributed by atoms with Gasteiger partial charge >= 0.3 is 0 Å². The average Bonchev–Trinajstić information content (AvgIpc) is 2.17. The Labute approximate surface area is 80.8 Å². The van der Waals surface area contributed by atoms with Crippen molar-refractivity contribution in [2.45, 2.75) is 10.1 Å². The number of benzene rings is 1. The van der Waals surface area contributed by atoms with E-state index in [-0.39, 0.29) is 11.2 Å². The molecule has 0 saturated heterocycles. The summed E-state index contributed by atoms with van der Waals surface area (Å²) in [5, 5.41) is -0.213. The molecule has 1 aromatic rings. The fourth-order valence-corrected chi connectivity index (χ4v) is 2.22. The van der Waals surface area contributed by atoms with Crippen LogP contribution in [-0.2, 0) is 4.79 Å². The molecule has 0 spiro atoms. The van der Waals surface area contributed by atoms with Crippen LogP contribution in [0.2, 0.25) is 0 Å². The highest BCUT2D eigenvalue weighted by atomic mass is 32.2. The topological polar surface area (TPSA) is 43.1 Å². The molecule has 0 aliphatic carbocycles. The molecule has 0 radical (unpaired) electrons. The van der Waals surface area contributed by atoms with Crippen LogP contribution in [0.4, 0.5) is 0 Å². The number of hydrogen-bond acceptors (Lipinski definition) is 2. The molecule has 2 rings (SSSR count). The van der Waals surface area contributed by atoms with Crippen LogP contribution in [0.15, 0.2) is 35.2 Å². The number of primary amides is 1. The van der Waals surface area contributed by atoms with Crippen molar-refractivity contribution < 1.29 is 4.79 Å². The van der Waals surface area contributed by atoms with Crippen molar-refractivity contribution in [2.24, 2.45) is 5.73 Å². The average molecular weight is 191 g/mol. The molecule has 0 aromatic heterocycles. The van der Waals surface area contributed by atoms with Gasteiger partial charge in [0.1, 0.15) is 5.25 Å². The maximum Gasteiger partial charge on any atom is 0.234 e. The van der Waals surface area contributed by atoms with Crippen molar-refractivity contribution in [1.82, 2.24) is 0 Å². The zero-order valence-electron chi connectivity index (χ0n) is 6.94. The molecule has 1 aliphatic heterocycles. The third-order valence-corrected chi connectivity index (χ3v) is 3.17. The molecule has 66 valence electrons. The normalized spacial score (nSPS) is 19.5. The number of amides is 1. The lowest BCUT2D eigenvalue weighted by Gasteiger charge is -2.15. The van der Waals surface area contributed by atoms with Gasteiger partial charge in [0, 0.05) is 4.90 Å². The predicted octanol–water partition coefficient (Wildman–Crippen LogP) is 1.66. The van der Waals surface area contributed by atoms with Crippen molar-refractivity contribution in [3.63, 3.8) is 0 Å². The Morgan fingerprint density at radius 2 is 2.15 bits per heavy atom. The second-order valence-corrected chi connectivity index (χ2v) is 4.02. The quantitative estimate of drug-likeness (QED) is 0.733. The van der Waals surface area contributed by atoms with E-state index in [4.69, 9.17) is 5.73 Å². The van der Waals surface area contributed by atoms with Gasteiger partial charge < -0.3 is 5.73 Å². The largest absolute Gasteiger partial charge is 0.368 e. The summed E-state index contributed by atoms with van der Waals surface area (Å²) in [4.78, 5) is 12.0. The number of carbonyl (C=O) groups is 1. The number of rotatable bonds is 1. The summed E-state index contributed by atoms with van der Waals surface area (Å²) in [6.07, 6.45) is 3.79. The third kappa shape index (κ3) is 1.60. The minimum atomic E-state index is -0.282. The van der Waals surface area contributed by atoms with Crippen LogP contribution in [0.25, 0.3) is 6.08 Å². The number of fused-ring (bicyclic) bond motifs is 1. The monoisotopic (exact) mass is 191 g/mol. The van der Waals surface area contributed by atoms with E-state index in [1.165, 1.54) is 11.8 Å². The first-order valence-electron chi connectivity index (χ1n) is 4.00. The highest BCUT2D eigenvalue weighted by Gasteiger charge is 2.17. The molecule has 1 aliphatic rings. The van der Waals surface area contributed by atoms with Crippen LogP contribution in [0.1, 0.15) is 5.56 Å². The van der Waals surface area contributed by atoms with E-state index >= 15 is 0 Å². The molecular formula is C10H9NOS. The van der Waals surface area contributed by atoms with Crippen molar-refractivity contribution in [2.75, 3.05) is 0 Å². The summed E-state index contributed by atoms with van der Waals surface area (Å²) < 4.78 is 0. The van der Waals surface area contributed by atoms with Gasteiger partial charge in [-0.25, -0.2) is 0 Å². The summed E-state index contributed by atoms with van der Waals surface area (Å²) in [6.45, 7) is 0. The molecular weight excluding hydrogens is 182 g/mol. The summed E-state index contributed by atoms with van der Waals surface area (Å²) in [7, 11) is 0. The van der Waals surface area contributed by atoms with E-state index in [1.54, 1.807) is 0 Å². The minimum Gasteiger partial charge on any atom is -0.368 e. The Kier molecular flexibility index (Phi) is 2.10. The van der Waals surface area contributed by atoms with Gasteiger partial charge in [-0.15, -0.1) is 11.8 Å². The maximum absolute atomic E-state index is 10.9. The molecule has 3 heteroatoms. The molecule has 2 nitrogen and oxygen atoms in total. The van der Waals surface area contributed by atoms with Gasteiger partial charge in [0.15, 0.2) is 0 Å². The summed E-state index contributed by atoms with van der Waals surface area (Å²) in [6, 6.07) is 7.97. The van der Waals surface area contributed by atoms with Crippen LogP contribution in [0.5, 0.6) is 0 Å². The Morgan fingerprint density at radius 3 is 2.92 bits per heavy atom. The molecule has 0 saturated carbocycles. The lowest BCUT2D eigenvalue weighted by atomic mass is 10.2. The molecule has 1 heterocycles. The molecule has 0 fully saturated rings. The fourth-order valence-electron chi connectivity index (χ4n) is 1.25. The zero-order chi connectivity index (χ0) is 9.26. The number of carbonyl (C=O) groups excluding carboxylic acids is 1. The Hall–Kier alpha value is -1.22. The SMILES string of the molecule is NC(=O)[C@H]1C=Cc2ccccc2S1. The van der Waals surface area contributed by atoms with Crippen molar-refractivity contribution in [3.05, 3.63) is 35.9 Å². The van der Waals surface area contributed by atoms with Gasteiger partial charge in [-0.2, -0.15) is 0 Å². The smallest absolute Gasteiger partial charge is 0.234 e. The second-order valence-electron chi connectivity index (χ2n) is 2.84. The van der Waals surface area contributed by atoms with Crippen LogP contribution in [0.3, 0.4) is 0 Å². The van der Waals surface area contributed by atoms with E-state index < -0.39 is 0 Å². The fraction of sp³-hybridized carbons (Fsp3) is 0.100. The van der Waals surface area contributed by atoms with E-state index in [0.717, 1.165) is 10.5 Å². The molecule has 13 heavy (non-hydrogen) atoms. The molecule has 1 aromatic carbocycles. The van der Waals surface area contributed by atoms with E-state index in [1.807, 2.05) is 36.4 Å². The van der Waals surface area contributed by atoms with Gasteiger partial charge in [0.05, 0.1) is 0 Å². The first-order valence-corrected chi connectivity index (χ1v) is 4.88. The van der Waals surface area contributed by atoms with Crippen molar-refractivity contribution in [3.8, 4) is 0 Å². The number of thioether (sulfide) groups is 1. The molecule has 2 N–H and O–H groups in total. The van der Waals surface area contributed by atoms with E-state index in [2.05, 4.69) is 0 Å². The van der Waals surface area contributed by atoms with Crippen LogP contribution < -0.4 is 5.73 Å². The van der Waals surface area contributed by atoms with E-state index in [9.17, 15) is 4.79 Å². The third-order valence-electron chi connectivity index (χ3n) is 1.90. The van der Waals surface area contributed by atoms with E-state index in [0.29, 0.717) is 0 Å². The van der Waals surface area contributed by atoms with Crippen molar-refractivity contribution >= 4 is 23.7 Å². The Bertz CT molecular complexity index is 373. The summed E-state index contributed by atoms with van der Waals surface area (Å²) >= 11 is 1.50. The Balaban J connectivity index is 2.34. The lowest BCUT2D eigenvalue weighted by Crippen LogP contribution is -2.24. The predicted molar refractivity (Wildman–Crippen MR) is 54.3 cm³/mol. The second kappa shape index (κ2) is 3.26. The van der Waals surface area contributed by atoms with Gasteiger partial charge in [-0.05, 0) is 11.6 Å². The van der Waals surface area contributed by atoms with Gasteiger partial charge in [-0.1, -0.05) is 30.4 Å². The lowest BCUT2D eigenvalue weighted by molar-refractivity contribution is -0.116. The number of nitrogens with two attached hydrogens (primary N) is 1. The molecule has 0 unspecified atom stereocenters. The highest BCUT2D eigenvalue weighted by molar-refractivity contribution is 8.01. The zero-order valence-corrected chi connectivity index (χ0v) is 7.75. The van der Waals surface area contributed by atoms with Crippen molar-refractivity contribution in [1.29, 1.82) is 0 Å². The van der Waals surface area contributed by atoms with Gasteiger partial charge in [0.25, 0.3) is 0 Å². The summed E-state index contributed by atoms with van der Waals surface area (Å²) in [5.41, 5.74) is 6.37. The minimum absolute atomic E-state index is 0.213. The van der Waals surface area contributed by atoms with Crippen LogP contribution in [-0.4, -0.2) is 11.2 Å². The summed E-state index contributed by atoms with van der Waals surface area (Å²) in [5.74, 6) is -0.282. The van der Waals surface area contributed by atoms with Gasteiger partial charge in [0.2, 0.25) is 5.91 Å². The molecule has 1 amide bonds. The maximum atomic E-state index is 10.9. The van der Waals surface area contributed by atoms with Crippen LogP contribution >= 0.6 is 11.8 Å². The first kappa shape index (κ1) is 8.38. The van der Waals surface area contributed by atoms with Crippen LogP contribution in [0, 0.1) is 0 Å². The Morgan fingerprint density at radius 1 is 1.38 bits per heavy atom. The first-order chi connectivity index (χ1) is 6.27.